The quantitative estimate of drug-likeness (QED) is 0.629. The summed E-state index contributed by atoms with van der Waals surface area (Å²) in [5.41, 5.74) is 0.420. The van der Waals surface area contributed by atoms with Gasteiger partial charge < -0.3 is 10.1 Å². The molecule has 0 fully saturated rings. The molecule has 0 aliphatic heterocycles. The second kappa shape index (κ2) is 8.93. The first-order valence-corrected chi connectivity index (χ1v) is 7.28. The van der Waals surface area contributed by atoms with Crippen LogP contribution in [0.15, 0.2) is 0 Å². The molecule has 0 saturated heterocycles. The third kappa shape index (κ3) is 7.77. The monoisotopic (exact) mass is 243 g/mol. The molecule has 0 aromatic heterocycles. The predicted molar refractivity (Wildman–Crippen MR) is 76.4 cm³/mol. The van der Waals surface area contributed by atoms with E-state index in [-0.39, 0.29) is 0 Å². The molecule has 104 valence electrons. The van der Waals surface area contributed by atoms with Gasteiger partial charge in [0, 0.05) is 13.2 Å². The van der Waals surface area contributed by atoms with Gasteiger partial charge >= 0.3 is 0 Å². The normalized spacial score (nSPS) is 12.7. The number of nitrogens with one attached hydrogen (secondary N) is 1. The summed E-state index contributed by atoms with van der Waals surface area (Å²) in [4.78, 5) is 0. The molecule has 0 spiro atoms. The first-order chi connectivity index (χ1) is 7.95. The van der Waals surface area contributed by atoms with Gasteiger partial charge in [0.25, 0.3) is 0 Å². The maximum Gasteiger partial charge on any atom is 0.0518 e. The van der Waals surface area contributed by atoms with Crippen molar-refractivity contribution in [2.24, 2.45) is 11.3 Å². The zero-order valence-corrected chi connectivity index (χ0v) is 12.8. The molecule has 0 rings (SSSR count). The molecule has 0 aliphatic carbocycles. The minimum absolute atomic E-state index is 0.352. The molecule has 2 heteroatoms. The number of hydrogen-bond acceptors (Lipinski definition) is 2. The third-order valence-corrected chi connectivity index (χ3v) is 3.64. The summed E-state index contributed by atoms with van der Waals surface area (Å²) in [6, 6.07) is 0. The van der Waals surface area contributed by atoms with Crippen molar-refractivity contribution in [1.82, 2.24) is 5.32 Å². The van der Waals surface area contributed by atoms with Crippen molar-refractivity contribution < 1.29 is 4.74 Å². The van der Waals surface area contributed by atoms with Crippen LogP contribution in [0.2, 0.25) is 0 Å². The highest BCUT2D eigenvalue weighted by Crippen LogP contribution is 2.30. The van der Waals surface area contributed by atoms with E-state index in [0.29, 0.717) is 11.5 Å². The average molecular weight is 243 g/mol. The van der Waals surface area contributed by atoms with E-state index in [2.05, 4.69) is 46.9 Å². The Kier molecular flexibility index (Phi) is 8.89. The first kappa shape index (κ1) is 16.9. The maximum atomic E-state index is 5.70. The molecule has 1 N–H and O–H groups in total. The van der Waals surface area contributed by atoms with Gasteiger partial charge in [0.2, 0.25) is 0 Å². The fraction of sp³-hybridized carbons (Fsp3) is 1.00. The zero-order chi connectivity index (χ0) is 13.3. The van der Waals surface area contributed by atoms with E-state index in [1.54, 1.807) is 0 Å². The van der Waals surface area contributed by atoms with Crippen LogP contribution in [-0.2, 0) is 4.74 Å². The maximum absolute atomic E-state index is 5.70. The fourth-order valence-electron chi connectivity index (χ4n) is 2.08. The van der Waals surface area contributed by atoms with Crippen LogP contribution in [0.4, 0.5) is 0 Å². The lowest BCUT2D eigenvalue weighted by Gasteiger charge is -2.32. The van der Waals surface area contributed by atoms with E-state index >= 15 is 0 Å². The Balaban J connectivity index is 4.06. The average Bonchev–Trinajstić information content (AvgIpc) is 2.26. The van der Waals surface area contributed by atoms with Gasteiger partial charge in [0.1, 0.15) is 0 Å². The molecule has 0 amide bonds. The predicted octanol–water partition coefficient (Wildman–Crippen LogP) is 3.85. The van der Waals surface area contributed by atoms with Crippen LogP contribution in [0.3, 0.4) is 0 Å². The summed E-state index contributed by atoms with van der Waals surface area (Å²) in [5.74, 6) is 0.730. The Morgan fingerprint density at radius 2 is 1.65 bits per heavy atom. The molecule has 0 bridgehead atoms. The standard InChI is InChI=1S/C15H33NO/c1-7-15(8-2,9-10-17-14(5)6)12-16-11-13(3)4/h13-14,16H,7-12H2,1-6H3. The van der Waals surface area contributed by atoms with Gasteiger partial charge in [-0.15, -0.1) is 0 Å². The molecule has 0 aromatic carbocycles. The van der Waals surface area contributed by atoms with Crippen LogP contribution >= 0.6 is 0 Å². The Morgan fingerprint density at radius 1 is 1.06 bits per heavy atom. The van der Waals surface area contributed by atoms with Crippen LogP contribution < -0.4 is 5.32 Å². The van der Waals surface area contributed by atoms with Crippen LogP contribution in [0, 0.1) is 11.3 Å². The molecule has 0 unspecified atom stereocenters. The first-order valence-electron chi connectivity index (χ1n) is 7.28. The van der Waals surface area contributed by atoms with Gasteiger partial charge in [-0.05, 0) is 51.0 Å². The number of rotatable bonds is 10. The summed E-state index contributed by atoms with van der Waals surface area (Å²) < 4.78 is 5.70. The van der Waals surface area contributed by atoms with Crippen molar-refractivity contribution in [2.75, 3.05) is 19.7 Å². The lowest BCUT2D eigenvalue weighted by Crippen LogP contribution is -2.36. The van der Waals surface area contributed by atoms with Gasteiger partial charge in [-0.2, -0.15) is 0 Å². The molecule has 2 nitrogen and oxygen atoms in total. The van der Waals surface area contributed by atoms with Crippen molar-refractivity contribution in [3.8, 4) is 0 Å². The molecular weight excluding hydrogens is 210 g/mol. The Bertz CT molecular complexity index is 158. The molecule has 17 heavy (non-hydrogen) atoms. The molecule has 0 heterocycles. The van der Waals surface area contributed by atoms with E-state index in [0.717, 1.165) is 25.6 Å². The molecule has 0 aliphatic rings. The largest absolute Gasteiger partial charge is 0.379 e. The second-order valence-electron chi connectivity index (χ2n) is 5.90. The van der Waals surface area contributed by atoms with E-state index in [9.17, 15) is 0 Å². The fourth-order valence-corrected chi connectivity index (χ4v) is 2.08. The number of ether oxygens (including phenoxy) is 1. The highest BCUT2D eigenvalue weighted by Gasteiger charge is 2.25. The van der Waals surface area contributed by atoms with Gasteiger partial charge in [-0.25, -0.2) is 0 Å². The lowest BCUT2D eigenvalue weighted by molar-refractivity contribution is 0.0476. The molecule has 0 aromatic rings. The van der Waals surface area contributed by atoms with Crippen LogP contribution in [0.5, 0.6) is 0 Å². The minimum Gasteiger partial charge on any atom is -0.379 e. The summed E-state index contributed by atoms with van der Waals surface area (Å²) >= 11 is 0. The van der Waals surface area contributed by atoms with E-state index in [4.69, 9.17) is 4.74 Å². The molecule has 0 radical (unpaired) electrons. The van der Waals surface area contributed by atoms with Gasteiger partial charge in [0.15, 0.2) is 0 Å². The Morgan fingerprint density at radius 3 is 2.06 bits per heavy atom. The van der Waals surface area contributed by atoms with Crippen LogP contribution in [0.25, 0.3) is 0 Å². The summed E-state index contributed by atoms with van der Waals surface area (Å²) in [6.07, 6.45) is 3.99. The second-order valence-corrected chi connectivity index (χ2v) is 5.90. The van der Waals surface area contributed by atoms with Gasteiger partial charge in [-0.1, -0.05) is 27.7 Å². The van der Waals surface area contributed by atoms with Crippen molar-refractivity contribution in [3.63, 3.8) is 0 Å². The summed E-state index contributed by atoms with van der Waals surface area (Å²) in [6.45, 7) is 16.5. The third-order valence-electron chi connectivity index (χ3n) is 3.64. The van der Waals surface area contributed by atoms with E-state index in [1.807, 2.05) is 0 Å². The smallest absolute Gasteiger partial charge is 0.0518 e. The Labute approximate surface area is 109 Å². The van der Waals surface area contributed by atoms with Gasteiger partial charge in [-0.3, -0.25) is 0 Å². The minimum atomic E-state index is 0.352. The number of hydrogen-bond donors (Lipinski definition) is 1. The van der Waals surface area contributed by atoms with E-state index < -0.39 is 0 Å². The Hall–Kier alpha value is -0.0800. The summed E-state index contributed by atoms with van der Waals surface area (Å²) in [5, 5.41) is 3.61. The van der Waals surface area contributed by atoms with Crippen LogP contribution in [-0.4, -0.2) is 25.8 Å². The van der Waals surface area contributed by atoms with Crippen LogP contribution in [0.1, 0.15) is 60.8 Å². The highest BCUT2D eigenvalue weighted by molar-refractivity contribution is 4.79. The molecular formula is C15H33NO. The lowest BCUT2D eigenvalue weighted by atomic mass is 9.79. The molecule has 0 saturated carbocycles. The SMILES string of the molecule is CCC(CC)(CCOC(C)C)CNCC(C)C. The van der Waals surface area contributed by atoms with Gasteiger partial charge in [0.05, 0.1) is 6.10 Å². The summed E-state index contributed by atoms with van der Waals surface area (Å²) in [7, 11) is 0. The highest BCUT2D eigenvalue weighted by atomic mass is 16.5. The molecule has 0 atom stereocenters. The zero-order valence-electron chi connectivity index (χ0n) is 12.8. The van der Waals surface area contributed by atoms with Crippen molar-refractivity contribution in [1.29, 1.82) is 0 Å². The topological polar surface area (TPSA) is 21.3 Å². The van der Waals surface area contributed by atoms with Crippen molar-refractivity contribution >= 4 is 0 Å². The van der Waals surface area contributed by atoms with Crippen molar-refractivity contribution in [2.45, 2.75) is 66.9 Å². The van der Waals surface area contributed by atoms with E-state index in [1.165, 1.54) is 19.3 Å². The van der Waals surface area contributed by atoms with Crippen molar-refractivity contribution in [3.05, 3.63) is 0 Å².